The zero-order valence-corrected chi connectivity index (χ0v) is 20.3. The van der Waals surface area contributed by atoms with E-state index in [-0.39, 0.29) is 5.91 Å². The van der Waals surface area contributed by atoms with Gasteiger partial charge in [0.15, 0.2) is 11.5 Å². The van der Waals surface area contributed by atoms with Gasteiger partial charge in [-0.3, -0.25) is 4.79 Å². The fourth-order valence-electron chi connectivity index (χ4n) is 3.21. The average molecular weight is 477 g/mol. The highest BCUT2D eigenvalue weighted by molar-refractivity contribution is 5.92. The summed E-state index contributed by atoms with van der Waals surface area (Å²) in [5, 5.41) is 18.7. The maximum absolute atomic E-state index is 12.1. The van der Waals surface area contributed by atoms with Crippen LogP contribution < -0.4 is 14.8 Å². The standard InChI is InChI=1S/C21H32N2O3.C4H4O4/c1-16-5-9-18(10-6-16)22-21(24)12-8-17-7-11-19(20(15-17)25-4)26-14-13-23(2)3;5-3(6)1-2-4(7)8/h7-8,11-12,15-16,18H,5-6,9-10,13-14H2,1-4H3,(H,22,24);1-2H,(H,5,6)(H,7,8). The van der Waals surface area contributed by atoms with E-state index in [1.807, 2.05) is 38.4 Å². The molecule has 1 saturated carbocycles. The number of carbonyl (C=O) groups is 3. The first-order valence-electron chi connectivity index (χ1n) is 11.2. The number of hydrogen-bond donors (Lipinski definition) is 3. The smallest absolute Gasteiger partial charge is 0.328 e. The van der Waals surface area contributed by atoms with Crippen LogP contribution in [0.15, 0.2) is 36.4 Å². The lowest BCUT2D eigenvalue weighted by Gasteiger charge is -2.26. The van der Waals surface area contributed by atoms with Crippen LogP contribution in [0.25, 0.3) is 6.08 Å². The number of rotatable bonds is 10. The van der Waals surface area contributed by atoms with Gasteiger partial charge in [0.05, 0.1) is 7.11 Å². The number of likely N-dealkylation sites (N-methyl/N-ethyl adjacent to an activating group) is 1. The molecule has 34 heavy (non-hydrogen) atoms. The summed E-state index contributed by atoms with van der Waals surface area (Å²) < 4.78 is 11.2. The fraction of sp³-hybridized carbons (Fsp3) is 0.480. The van der Waals surface area contributed by atoms with Gasteiger partial charge in [-0.25, -0.2) is 9.59 Å². The molecule has 3 N–H and O–H groups in total. The van der Waals surface area contributed by atoms with Crippen LogP contribution >= 0.6 is 0 Å². The predicted octanol–water partition coefficient (Wildman–Crippen LogP) is 3.06. The summed E-state index contributed by atoms with van der Waals surface area (Å²) in [5.74, 6) is -0.376. The second-order valence-electron chi connectivity index (χ2n) is 8.37. The Morgan fingerprint density at radius 1 is 1.03 bits per heavy atom. The first-order chi connectivity index (χ1) is 16.1. The Morgan fingerprint density at radius 2 is 1.65 bits per heavy atom. The molecule has 0 radical (unpaired) electrons. The van der Waals surface area contributed by atoms with E-state index in [2.05, 4.69) is 17.1 Å². The molecule has 0 aliphatic heterocycles. The minimum Gasteiger partial charge on any atom is -0.493 e. The SMILES string of the molecule is COc1cc(C=CC(=O)NC2CCC(C)CC2)ccc1OCCN(C)C.O=C(O)C=CC(=O)O. The predicted molar refractivity (Wildman–Crippen MR) is 130 cm³/mol. The molecule has 0 heterocycles. The summed E-state index contributed by atoms with van der Waals surface area (Å²) >= 11 is 0. The molecule has 2 rings (SSSR count). The van der Waals surface area contributed by atoms with Gasteiger partial charge in [0.1, 0.15) is 6.61 Å². The zero-order valence-electron chi connectivity index (χ0n) is 20.3. The monoisotopic (exact) mass is 476 g/mol. The molecule has 0 aromatic heterocycles. The van der Waals surface area contributed by atoms with Crippen molar-refractivity contribution >= 4 is 23.9 Å². The highest BCUT2D eigenvalue weighted by Crippen LogP contribution is 2.28. The van der Waals surface area contributed by atoms with Crippen molar-refractivity contribution in [3.63, 3.8) is 0 Å². The van der Waals surface area contributed by atoms with Gasteiger partial charge in [-0.05, 0) is 69.5 Å². The summed E-state index contributed by atoms with van der Waals surface area (Å²) in [6.07, 6.45) is 9.07. The largest absolute Gasteiger partial charge is 0.493 e. The molecule has 0 spiro atoms. The maximum atomic E-state index is 12.1. The van der Waals surface area contributed by atoms with Gasteiger partial charge in [-0.15, -0.1) is 0 Å². The second kappa shape index (κ2) is 15.5. The lowest BCUT2D eigenvalue weighted by Crippen LogP contribution is -2.36. The molecule has 1 fully saturated rings. The third kappa shape index (κ3) is 12.6. The number of amides is 1. The van der Waals surface area contributed by atoms with Crippen LogP contribution in [0, 0.1) is 5.92 Å². The zero-order chi connectivity index (χ0) is 25.5. The number of carboxylic acid groups (broad SMARTS) is 2. The summed E-state index contributed by atoms with van der Waals surface area (Å²) in [6, 6.07) is 6.01. The number of carbonyl (C=O) groups excluding carboxylic acids is 1. The van der Waals surface area contributed by atoms with Crippen molar-refractivity contribution in [1.82, 2.24) is 10.2 Å². The Bertz CT molecular complexity index is 841. The average Bonchev–Trinajstić information content (AvgIpc) is 2.78. The van der Waals surface area contributed by atoms with Crippen LogP contribution in [0.2, 0.25) is 0 Å². The van der Waals surface area contributed by atoms with Crippen LogP contribution in [0.3, 0.4) is 0 Å². The van der Waals surface area contributed by atoms with E-state index in [1.54, 1.807) is 13.2 Å². The van der Waals surface area contributed by atoms with E-state index in [4.69, 9.17) is 19.7 Å². The van der Waals surface area contributed by atoms with Crippen molar-refractivity contribution in [2.45, 2.75) is 38.6 Å². The van der Waals surface area contributed by atoms with Gasteiger partial charge in [-0.1, -0.05) is 13.0 Å². The van der Waals surface area contributed by atoms with Crippen molar-refractivity contribution in [3.05, 3.63) is 42.0 Å². The van der Waals surface area contributed by atoms with E-state index in [0.717, 1.165) is 30.9 Å². The van der Waals surface area contributed by atoms with Gasteiger partial charge in [0, 0.05) is 30.8 Å². The summed E-state index contributed by atoms with van der Waals surface area (Å²) in [6.45, 7) is 3.71. The second-order valence-corrected chi connectivity index (χ2v) is 8.37. The van der Waals surface area contributed by atoms with Crippen LogP contribution in [0.5, 0.6) is 11.5 Å². The van der Waals surface area contributed by atoms with Crippen LogP contribution in [0.1, 0.15) is 38.2 Å². The van der Waals surface area contributed by atoms with Crippen molar-refractivity contribution in [2.24, 2.45) is 5.92 Å². The molecule has 1 aliphatic rings. The number of nitrogens with zero attached hydrogens (tertiary/aromatic N) is 1. The molecule has 0 bridgehead atoms. The molecule has 1 amide bonds. The molecule has 0 saturated heterocycles. The van der Waals surface area contributed by atoms with E-state index in [9.17, 15) is 14.4 Å². The Kier molecular flexibility index (Phi) is 13.1. The van der Waals surface area contributed by atoms with Crippen molar-refractivity contribution in [1.29, 1.82) is 0 Å². The summed E-state index contributed by atoms with van der Waals surface area (Å²) in [7, 11) is 5.64. The quantitative estimate of drug-likeness (QED) is 0.440. The molecule has 9 heteroatoms. The van der Waals surface area contributed by atoms with Crippen molar-refractivity contribution in [3.8, 4) is 11.5 Å². The minimum atomic E-state index is -1.26. The number of methoxy groups -OCH3 is 1. The van der Waals surface area contributed by atoms with Gasteiger partial charge in [-0.2, -0.15) is 0 Å². The third-order valence-corrected chi connectivity index (χ3v) is 5.14. The van der Waals surface area contributed by atoms with Crippen LogP contribution in [0.4, 0.5) is 0 Å². The van der Waals surface area contributed by atoms with E-state index in [0.29, 0.717) is 36.3 Å². The number of benzene rings is 1. The lowest BCUT2D eigenvalue weighted by molar-refractivity contribution is -0.134. The molecule has 1 aromatic carbocycles. The summed E-state index contributed by atoms with van der Waals surface area (Å²) in [4.78, 5) is 33.3. The highest BCUT2D eigenvalue weighted by Gasteiger charge is 2.18. The molecule has 188 valence electrons. The Hall–Kier alpha value is -3.33. The first kappa shape index (κ1) is 28.7. The lowest BCUT2D eigenvalue weighted by atomic mass is 9.87. The number of aliphatic carboxylic acids is 2. The molecule has 0 atom stereocenters. The van der Waals surface area contributed by atoms with Gasteiger partial charge in [0.2, 0.25) is 5.91 Å². The molecular weight excluding hydrogens is 440 g/mol. The molecular formula is C25H36N2O7. The molecule has 1 aliphatic carbocycles. The van der Waals surface area contributed by atoms with Crippen molar-refractivity contribution in [2.75, 3.05) is 34.4 Å². The topological polar surface area (TPSA) is 125 Å². The van der Waals surface area contributed by atoms with Crippen molar-refractivity contribution < 1.29 is 34.1 Å². The molecule has 9 nitrogen and oxygen atoms in total. The number of ether oxygens (including phenoxy) is 2. The number of carboxylic acids is 2. The number of nitrogens with one attached hydrogen (secondary N) is 1. The molecule has 1 aromatic rings. The first-order valence-corrected chi connectivity index (χ1v) is 11.2. The van der Waals surface area contributed by atoms with Crippen LogP contribution in [-0.2, 0) is 14.4 Å². The Labute approximate surface area is 201 Å². The Morgan fingerprint density at radius 3 is 2.18 bits per heavy atom. The van der Waals surface area contributed by atoms with E-state index < -0.39 is 11.9 Å². The maximum Gasteiger partial charge on any atom is 0.328 e. The van der Waals surface area contributed by atoms with Gasteiger partial charge in [0.25, 0.3) is 0 Å². The van der Waals surface area contributed by atoms with E-state index >= 15 is 0 Å². The third-order valence-electron chi connectivity index (χ3n) is 5.14. The van der Waals surface area contributed by atoms with Gasteiger partial charge < -0.3 is 29.9 Å². The highest BCUT2D eigenvalue weighted by atomic mass is 16.5. The Balaban J connectivity index is 0.000000620. The summed E-state index contributed by atoms with van der Waals surface area (Å²) in [5.41, 5.74) is 0.911. The normalized spacial score (nSPS) is 17.8. The van der Waals surface area contributed by atoms with Gasteiger partial charge >= 0.3 is 11.9 Å². The van der Waals surface area contributed by atoms with Crippen LogP contribution in [-0.4, -0.2) is 73.4 Å². The number of hydrogen-bond acceptors (Lipinski definition) is 6. The minimum absolute atomic E-state index is 0.0326. The fourth-order valence-corrected chi connectivity index (χ4v) is 3.21. The van der Waals surface area contributed by atoms with E-state index in [1.165, 1.54) is 12.8 Å². The molecule has 0 unspecified atom stereocenters.